The predicted octanol–water partition coefficient (Wildman–Crippen LogP) is 4.73. The second kappa shape index (κ2) is 5.16. The molecule has 0 nitrogen and oxygen atoms in total. The molecule has 0 aromatic heterocycles. The van der Waals surface area contributed by atoms with Crippen molar-refractivity contribution in [2.75, 3.05) is 0 Å². The molecule has 7 heteroatoms. The number of hydrogen-bond acceptors (Lipinski definition) is 0. The van der Waals surface area contributed by atoms with Gasteiger partial charge in [-0.05, 0) is 6.42 Å². The second-order valence-corrected chi connectivity index (χ2v) is 3.93. The first kappa shape index (κ1) is 14.2. The predicted molar refractivity (Wildman–Crippen MR) is 50.2 cm³/mol. The summed E-state index contributed by atoms with van der Waals surface area (Å²) in [5, 5.41) is -1.49. The van der Waals surface area contributed by atoms with Crippen LogP contribution in [0.25, 0.3) is 0 Å². The Morgan fingerprint density at radius 1 is 1.06 bits per heavy atom. The first-order valence-electron chi connectivity index (χ1n) is 4.56. The van der Waals surface area contributed by atoms with Gasteiger partial charge in [0.05, 0.1) is 5.38 Å². The van der Waals surface area contributed by atoms with E-state index in [9.17, 15) is 26.3 Å². The molecule has 0 aliphatic heterocycles. The molecule has 0 saturated carbocycles. The number of alkyl halides is 4. The summed E-state index contributed by atoms with van der Waals surface area (Å²) < 4.78 is 74.5. The van der Waals surface area contributed by atoms with Crippen LogP contribution < -0.4 is 0 Å². The lowest BCUT2D eigenvalue weighted by Crippen LogP contribution is -2.09. The van der Waals surface area contributed by atoms with Crippen LogP contribution >= 0.6 is 11.6 Å². The van der Waals surface area contributed by atoms with Gasteiger partial charge in [0.1, 0.15) is 17.5 Å². The number of halogens is 7. The van der Waals surface area contributed by atoms with Crippen molar-refractivity contribution in [3.63, 3.8) is 0 Å². The third-order valence-electron chi connectivity index (χ3n) is 2.04. The van der Waals surface area contributed by atoms with E-state index in [1.54, 1.807) is 0 Å². The summed E-state index contributed by atoms with van der Waals surface area (Å²) in [6.07, 6.45) is -6.40. The van der Waals surface area contributed by atoms with E-state index in [0.29, 0.717) is 12.1 Å². The fourth-order valence-corrected chi connectivity index (χ4v) is 1.60. The van der Waals surface area contributed by atoms with Crippen molar-refractivity contribution in [1.82, 2.24) is 0 Å². The normalized spacial score (nSPS) is 13.8. The highest BCUT2D eigenvalue weighted by molar-refractivity contribution is 6.20. The van der Waals surface area contributed by atoms with E-state index < -0.39 is 47.4 Å². The lowest BCUT2D eigenvalue weighted by atomic mass is 10.1. The minimum Gasteiger partial charge on any atom is -0.207 e. The van der Waals surface area contributed by atoms with Crippen LogP contribution in [0.5, 0.6) is 0 Å². The quantitative estimate of drug-likeness (QED) is 0.553. The van der Waals surface area contributed by atoms with Gasteiger partial charge in [-0.1, -0.05) is 0 Å². The Balaban J connectivity index is 2.86. The molecule has 1 aromatic carbocycles. The van der Waals surface area contributed by atoms with Gasteiger partial charge in [0.15, 0.2) is 0 Å². The van der Waals surface area contributed by atoms with Gasteiger partial charge in [0, 0.05) is 24.1 Å². The summed E-state index contributed by atoms with van der Waals surface area (Å²) in [6.45, 7) is 0. The topological polar surface area (TPSA) is 0 Å². The van der Waals surface area contributed by atoms with Crippen LogP contribution in [0, 0.1) is 17.5 Å². The van der Waals surface area contributed by atoms with E-state index in [-0.39, 0.29) is 0 Å². The lowest BCUT2D eigenvalue weighted by molar-refractivity contribution is -0.135. The van der Waals surface area contributed by atoms with Crippen LogP contribution in [0.3, 0.4) is 0 Å². The molecule has 0 saturated heterocycles. The molecule has 0 amide bonds. The lowest BCUT2D eigenvalue weighted by Gasteiger charge is -2.13. The third-order valence-corrected chi connectivity index (χ3v) is 2.47. The van der Waals surface area contributed by atoms with E-state index in [1.165, 1.54) is 0 Å². The van der Waals surface area contributed by atoms with E-state index in [1.807, 2.05) is 0 Å². The Hall–Kier alpha value is -0.910. The Bertz CT molecular complexity index is 377. The number of benzene rings is 1. The van der Waals surface area contributed by atoms with E-state index in [2.05, 4.69) is 0 Å². The molecule has 1 rings (SSSR count). The standard InChI is InChI=1S/C10H7ClF6/c11-6(1-2-10(15,16)17)9-7(13)3-5(12)4-8(9)14/h3-4,6H,1-2H2. The molecule has 96 valence electrons. The SMILES string of the molecule is Fc1cc(F)c(C(Cl)CCC(F)(F)F)c(F)c1. The van der Waals surface area contributed by atoms with E-state index >= 15 is 0 Å². The summed E-state index contributed by atoms with van der Waals surface area (Å²) in [5.41, 5.74) is -0.739. The molecule has 0 N–H and O–H groups in total. The fraction of sp³-hybridized carbons (Fsp3) is 0.400. The largest absolute Gasteiger partial charge is 0.389 e. The van der Waals surface area contributed by atoms with Crippen molar-refractivity contribution in [3.05, 3.63) is 35.1 Å². The van der Waals surface area contributed by atoms with Gasteiger partial charge in [0.2, 0.25) is 0 Å². The molecular formula is C10H7ClF6. The van der Waals surface area contributed by atoms with Crippen molar-refractivity contribution in [2.45, 2.75) is 24.4 Å². The highest BCUT2D eigenvalue weighted by Gasteiger charge is 2.30. The molecule has 1 atom stereocenters. The number of hydrogen-bond donors (Lipinski definition) is 0. The average Bonchev–Trinajstić information content (AvgIpc) is 2.11. The summed E-state index contributed by atoms with van der Waals surface area (Å²) in [5.74, 6) is -3.72. The fourth-order valence-electron chi connectivity index (χ4n) is 1.29. The van der Waals surface area contributed by atoms with Gasteiger partial charge in [-0.25, -0.2) is 13.2 Å². The second-order valence-electron chi connectivity index (χ2n) is 3.40. The molecule has 0 bridgehead atoms. The Morgan fingerprint density at radius 2 is 1.53 bits per heavy atom. The molecule has 17 heavy (non-hydrogen) atoms. The van der Waals surface area contributed by atoms with Crippen LogP contribution in [-0.2, 0) is 0 Å². The summed E-state index contributed by atoms with van der Waals surface area (Å²) in [7, 11) is 0. The van der Waals surface area contributed by atoms with Gasteiger partial charge in [-0.15, -0.1) is 11.6 Å². The van der Waals surface area contributed by atoms with E-state index in [0.717, 1.165) is 0 Å². The molecule has 0 aliphatic rings. The van der Waals surface area contributed by atoms with Gasteiger partial charge in [-0.3, -0.25) is 0 Å². The minimum absolute atomic E-state index is 0.376. The summed E-state index contributed by atoms with van der Waals surface area (Å²) >= 11 is 5.47. The van der Waals surface area contributed by atoms with Crippen LogP contribution in [0.1, 0.15) is 23.8 Å². The number of rotatable bonds is 3. The molecule has 0 spiro atoms. The molecule has 0 fully saturated rings. The Kier molecular flexibility index (Phi) is 4.30. The molecule has 0 radical (unpaired) electrons. The van der Waals surface area contributed by atoms with Gasteiger partial charge >= 0.3 is 6.18 Å². The zero-order chi connectivity index (χ0) is 13.2. The van der Waals surface area contributed by atoms with E-state index in [4.69, 9.17) is 11.6 Å². The zero-order valence-corrected chi connectivity index (χ0v) is 9.05. The first-order valence-corrected chi connectivity index (χ1v) is 4.99. The molecule has 0 heterocycles. The van der Waals surface area contributed by atoms with Gasteiger partial charge < -0.3 is 0 Å². The molecule has 0 aliphatic carbocycles. The third kappa shape index (κ3) is 4.11. The van der Waals surface area contributed by atoms with Crippen LogP contribution in [-0.4, -0.2) is 6.18 Å². The highest BCUT2D eigenvalue weighted by Crippen LogP contribution is 2.34. The maximum atomic E-state index is 13.1. The van der Waals surface area contributed by atoms with Gasteiger partial charge in [0.25, 0.3) is 0 Å². The van der Waals surface area contributed by atoms with Crippen molar-refractivity contribution >= 4 is 11.6 Å². The van der Waals surface area contributed by atoms with Crippen molar-refractivity contribution < 1.29 is 26.3 Å². The summed E-state index contributed by atoms with van der Waals surface area (Å²) in [6, 6.07) is 0.753. The first-order chi connectivity index (χ1) is 7.70. The zero-order valence-electron chi connectivity index (χ0n) is 8.29. The monoisotopic (exact) mass is 276 g/mol. The molecule has 1 unspecified atom stereocenters. The smallest absolute Gasteiger partial charge is 0.207 e. The molecule has 1 aromatic rings. The summed E-state index contributed by atoms with van der Waals surface area (Å²) in [4.78, 5) is 0. The maximum absolute atomic E-state index is 13.1. The highest BCUT2D eigenvalue weighted by atomic mass is 35.5. The average molecular weight is 277 g/mol. The Morgan fingerprint density at radius 3 is 1.94 bits per heavy atom. The van der Waals surface area contributed by atoms with Crippen molar-refractivity contribution in [1.29, 1.82) is 0 Å². The van der Waals surface area contributed by atoms with Crippen LogP contribution in [0.15, 0.2) is 12.1 Å². The van der Waals surface area contributed by atoms with Crippen molar-refractivity contribution in [2.24, 2.45) is 0 Å². The van der Waals surface area contributed by atoms with Gasteiger partial charge in [-0.2, -0.15) is 13.2 Å². The van der Waals surface area contributed by atoms with Crippen LogP contribution in [0.4, 0.5) is 26.3 Å². The minimum atomic E-state index is -4.46. The molecular weight excluding hydrogens is 270 g/mol. The van der Waals surface area contributed by atoms with Crippen molar-refractivity contribution in [3.8, 4) is 0 Å². The van der Waals surface area contributed by atoms with Crippen LogP contribution in [0.2, 0.25) is 0 Å². The maximum Gasteiger partial charge on any atom is 0.389 e. The Labute approximate surface area is 98.2 Å².